The van der Waals surface area contributed by atoms with Crippen LogP contribution in [0.3, 0.4) is 0 Å². The standard InChI is InChI=1S/C20H22O2S/c1-22-20(21)12-13-23-19-14-17-7-6-15-2-4-16(5-3-15)8-10-18(19)11-9-17/h2-5,9,11,14H,6-8,10,12-13H2,1H3. The van der Waals surface area contributed by atoms with Crippen LogP contribution < -0.4 is 0 Å². The van der Waals surface area contributed by atoms with Crippen LogP contribution in [-0.4, -0.2) is 18.8 Å². The molecule has 4 aliphatic rings. The molecule has 0 radical (unpaired) electrons. The number of hydrogen-bond acceptors (Lipinski definition) is 3. The van der Waals surface area contributed by atoms with Crippen LogP contribution in [0, 0.1) is 0 Å². The second-order valence-corrected chi connectivity index (χ2v) is 7.07. The second-order valence-electron chi connectivity index (χ2n) is 5.93. The van der Waals surface area contributed by atoms with E-state index in [1.54, 1.807) is 11.8 Å². The summed E-state index contributed by atoms with van der Waals surface area (Å²) in [5.74, 6) is 0.640. The van der Waals surface area contributed by atoms with E-state index in [4.69, 9.17) is 4.74 Å². The molecular formula is C20H22O2S. The molecule has 120 valence electrons. The number of carbonyl (C=O) groups excluding carboxylic acids is 1. The van der Waals surface area contributed by atoms with Gasteiger partial charge in [-0.3, -0.25) is 4.79 Å². The number of hydrogen-bond donors (Lipinski definition) is 0. The zero-order valence-corrected chi connectivity index (χ0v) is 14.3. The molecule has 0 aromatic heterocycles. The number of carbonyl (C=O) groups is 1. The minimum absolute atomic E-state index is 0.135. The number of methoxy groups -OCH3 is 1. The van der Waals surface area contributed by atoms with Gasteiger partial charge < -0.3 is 4.74 Å². The third-order valence-corrected chi connectivity index (χ3v) is 5.43. The van der Waals surface area contributed by atoms with Crippen molar-refractivity contribution in [2.75, 3.05) is 12.9 Å². The van der Waals surface area contributed by atoms with Crippen LogP contribution in [-0.2, 0) is 35.2 Å². The van der Waals surface area contributed by atoms with Crippen molar-refractivity contribution in [1.29, 1.82) is 0 Å². The van der Waals surface area contributed by atoms with Gasteiger partial charge in [0.25, 0.3) is 0 Å². The monoisotopic (exact) mass is 326 g/mol. The molecular weight excluding hydrogens is 304 g/mol. The van der Waals surface area contributed by atoms with Crippen molar-refractivity contribution < 1.29 is 9.53 Å². The van der Waals surface area contributed by atoms with Gasteiger partial charge >= 0.3 is 5.97 Å². The topological polar surface area (TPSA) is 26.3 Å². The lowest BCUT2D eigenvalue weighted by atomic mass is 9.97. The summed E-state index contributed by atoms with van der Waals surface area (Å²) >= 11 is 1.77. The third-order valence-electron chi connectivity index (χ3n) is 4.33. The fourth-order valence-corrected chi connectivity index (χ4v) is 3.96. The molecule has 0 spiro atoms. The molecule has 2 aromatic carbocycles. The average Bonchev–Trinajstić information content (AvgIpc) is 2.57. The average molecular weight is 326 g/mol. The zero-order chi connectivity index (χ0) is 16.1. The molecule has 3 heteroatoms. The first-order chi connectivity index (χ1) is 11.2. The van der Waals surface area contributed by atoms with Gasteiger partial charge in [0, 0.05) is 10.6 Å². The molecule has 4 aliphatic carbocycles. The van der Waals surface area contributed by atoms with E-state index in [1.807, 2.05) is 0 Å². The summed E-state index contributed by atoms with van der Waals surface area (Å²) in [6.45, 7) is 0. The fourth-order valence-electron chi connectivity index (χ4n) is 2.88. The van der Waals surface area contributed by atoms with Crippen molar-refractivity contribution in [2.45, 2.75) is 37.0 Å². The molecule has 0 unspecified atom stereocenters. The van der Waals surface area contributed by atoms with E-state index in [0.29, 0.717) is 6.42 Å². The fraction of sp³-hybridized carbons (Fsp3) is 0.350. The molecule has 0 saturated heterocycles. The first-order valence-corrected chi connectivity index (χ1v) is 9.12. The Labute approximate surface area is 142 Å². The minimum atomic E-state index is -0.135. The van der Waals surface area contributed by atoms with Crippen LogP contribution in [0.5, 0.6) is 0 Å². The maximum Gasteiger partial charge on any atom is 0.306 e. The smallest absolute Gasteiger partial charge is 0.306 e. The van der Waals surface area contributed by atoms with Gasteiger partial charge in [-0.05, 0) is 54.0 Å². The van der Waals surface area contributed by atoms with E-state index in [0.717, 1.165) is 31.4 Å². The maximum atomic E-state index is 11.3. The highest BCUT2D eigenvalue weighted by molar-refractivity contribution is 7.99. The molecule has 2 nitrogen and oxygen atoms in total. The van der Waals surface area contributed by atoms with Crippen molar-refractivity contribution in [1.82, 2.24) is 0 Å². The summed E-state index contributed by atoms with van der Waals surface area (Å²) in [6.07, 6.45) is 4.70. The Bertz CT molecular complexity index is 677. The van der Waals surface area contributed by atoms with Crippen LogP contribution in [0.2, 0.25) is 0 Å². The van der Waals surface area contributed by atoms with Gasteiger partial charge in [0.2, 0.25) is 0 Å². The molecule has 0 atom stereocenters. The molecule has 0 amide bonds. The van der Waals surface area contributed by atoms with Gasteiger partial charge in [-0.1, -0.05) is 36.4 Å². The number of benzene rings is 2. The molecule has 0 saturated carbocycles. The Balaban J connectivity index is 1.77. The Kier molecular flexibility index (Phi) is 5.39. The number of thioether (sulfide) groups is 1. The molecule has 0 heterocycles. The van der Waals surface area contributed by atoms with Crippen molar-refractivity contribution in [2.24, 2.45) is 0 Å². The Morgan fingerprint density at radius 3 is 2.26 bits per heavy atom. The van der Waals surface area contributed by atoms with E-state index in [1.165, 1.54) is 34.3 Å². The van der Waals surface area contributed by atoms with Gasteiger partial charge in [-0.15, -0.1) is 11.8 Å². The molecule has 4 bridgehead atoms. The van der Waals surface area contributed by atoms with Crippen LogP contribution in [0.1, 0.15) is 28.7 Å². The van der Waals surface area contributed by atoms with Crippen molar-refractivity contribution in [3.05, 3.63) is 64.7 Å². The molecule has 23 heavy (non-hydrogen) atoms. The molecule has 0 aliphatic heterocycles. The lowest BCUT2D eigenvalue weighted by Crippen LogP contribution is -2.02. The van der Waals surface area contributed by atoms with Gasteiger partial charge in [0.15, 0.2) is 0 Å². The van der Waals surface area contributed by atoms with Crippen LogP contribution in [0.25, 0.3) is 0 Å². The summed E-state index contributed by atoms with van der Waals surface area (Å²) < 4.78 is 4.73. The second kappa shape index (κ2) is 7.69. The zero-order valence-electron chi connectivity index (χ0n) is 13.5. The van der Waals surface area contributed by atoms with Crippen molar-refractivity contribution in [3.8, 4) is 0 Å². The molecule has 0 fully saturated rings. The van der Waals surface area contributed by atoms with Crippen molar-refractivity contribution in [3.63, 3.8) is 0 Å². The van der Waals surface area contributed by atoms with E-state index in [9.17, 15) is 4.79 Å². The third kappa shape index (κ3) is 4.38. The van der Waals surface area contributed by atoms with Gasteiger partial charge in [-0.2, -0.15) is 0 Å². The molecule has 0 N–H and O–H groups in total. The minimum Gasteiger partial charge on any atom is -0.469 e. The summed E-state index contributed by atoms with van der Waals surface area (Å²) in [5.41, 5.74) is 5.55. The van der Waals surface area contributed by atoms with Gasteiger partial charge in [-0.25, -0.2) is 0 Å². The van der Waals surface area contributed by atoms with Crippen molar-refractivity contribution >= 4 is 17.7 Å². The van der Waals surface area contributed by atoms with Crippen LogP contribution in [0.4, 0.5) is 0 Å². The Hall–Kier alpha value is -1.74. The first-order valence-electron chi connectivity index (χ1n) is 8.14. The quantitative estimate of drug-likeness (QED) is 0.621. The van der Waals surface area contributed by atoms with Gasteiger partial charge in [0.05, 0.1) is 13.5 Å². The largest absolute Gasteiger partial charge is 0.469 e. The molecule has 6 rings (SSSR count). The van der Waals surface area contributed by atoms with E-state index in [2.05, 4.69) is 42.5 Å². The number of esters is 1. The SMILES string of the molecule is COC(=O)CCSc1cc2ccc1CCc1ccc(cc1)CC2. The lowest BCUT2D eigenvalue weighted by molar-refractivity contribution is -0.140. The lowest BCUT2D eigenvalue weighted by Gasteiger charge is -2.14. The van der Waals surface area contributed by atoms with Gasteiger partial charge in [0.1, 0.15) is 0 Å². The predicted octanol–water partition coefficient (Wildman–Crippen LogP) is 4.23. The predicted molar refractivity (Wildman–Crippen MR) is 95.1 cm³/mol. The maximum absolute atomic E-state index is 11.3. The highest BCUT2D eigenvalue weighted by atomic mass is 32.2. The molecule has 2 aromatic rings. The highest BCUT2D eigenvalue weighted by Gasteiger charge is 2.09. The van der Waals surface area contributed by atoms with Crippen LogP contribution >= 0.6 is 11.8 Å². The summed E-state index contributed by atoms with van der Waals surface area (Å²) in [4.78, 5) is 12.6. The number of ether oxygens (including phenoxy) is 1. The summed E-state index contributed by atoms with van der Waals surface area (Å²) in [7, 11) is 1.45. The summed E-state index contributed by atoms with van der Waals surface area (Å²) in [5, 5.41) is 0. The first kappa shape index (κ1) is 16.1. The number of aryl methyl sites for hydroxylation is 4. The van der Waals surface area contributed by atoms with Crippen LogP contribution in [0.15, 0.2) is 47.4 Å². The van der Waals surface area contributed by atoms with E-state index < -0.39 is 0 Å². The Morgan fingerprint density at radius 2 is 1.57 bits per heavy atom. The van der Waals surface area contributed by atoms with E-state index >= 15 is 0 Å². The van der Waals surface area contributed by atoms with E-state index in [-0.39, 0.29) is 5.97 Å². The number of rotatable bonds is 4. The Morgan fingerprint density at radius 1 is 0.957 bits per heavy atom. The summed E-state index contributed by atoms with van der Waals surface area (Å²) in [6, 6.07) is 15.9. The normalized spacial score (nSPS) is 13.4. The highest BCUT2D eigenvalue weighted by Crippen LogP contribution is 2.27.